The first-order valence-corrected chi connectivity index (χ1v) is 13.9. The van der Waals surface area contributed by atoms with Gasteiger partial charge in [-0.1, -0.05) is 0 Å². The summed E-state index contributed by atoms with van der Waals surface area (Å²) in [5, 5.41) is 0. The zero-order valence-corrected chi connectivity index (χ0v) is 22.9. The third-order valence-corrected chi connectivity index (χ3v) is 8.84. The molecule has 34 heavy (non-hydrogen) atoms. The van der Waals surface area contributed by atoms with Crippen LogP contribution < -0.4 is 11.5 Å². The molecule has 0 radical (unpaired) electrons. The molecular weight excluding hydrogens is 488 g/mol. The molecular formula is C25H36N2O4S3+2. The van der Waals surface area contributed by atoms with Crippen LogP contribution in [0.4, 0.5) is 0 Å². The minimum absolute atomic E-state index is 0.270. The van der Waals surface area contributed by atoms with E-state index in [-0.39, 0.29) is 12.6 Å². The van der Waals surface area contributed by atoms with Crippen molar-refractivity contribution < 1.29 is 30.5 Å². The van der Waals surface area contributed by atoms with E-state index >= 15 is 0 Å². The van der Waals surface area contributed by atoms with Gasteiger partial charge in [0.05, 0.1) is 26.9 Å². The quantitative estimate of drug-likeness (QED) is 0.265. The number of thiophene rings is 3. The van der Waals surface area contributed by atoms with E-state index in [1.54, 1.807) is 0 Å². The largest absolute Gasteiger partial charge is 0.465 e. The molecule has 0 saturated carbocycles. The van der Waals surface area contributed by atoms with E-state index in [2.05, 4.69) is 56.5 Å². The molecule has 3 heterocycles. The van der Waals surface area contributed by atoms with Gasteiger partial charge >= 0.3 is 5.97 Å². The number of carbonyl (C=O) groups is 1. The maximum absolute atomic E-state index is 11.5. The number of methoxy groups -OCH3 is 1. The Kier molecular flexibility index (Phi) is 10.3. The highest BCUT2D eigenvalue weighted by Crippen LogP contribution is 2.43. The van der Waals surface area contributed by atoms with Crippen LogP contribution in [0, 0.1) is 13.8 Å². The molecule has 2 atom stereocenters. The number of hydrogen-bond donors (Lipinski definition) is 2. The molecule has 0 bridgehead atoms. The molecule has 186 valence electrons. The van der Waals surface area contributed by atoms with Crippen LogP contribution in [0.25, 0.3) is 19.5 Å². The van der Waals surface area contributed by atoms with Gasteiger partial charge in [-0.2, -0.15) is 0 Å². The lowest BCUT2D eigenvalue weighted by Gasteiger charge is -2.08. The SMILES string of the molecule is COC(=O)[C@@H]([NH3+])COCCc1cc(C)sc1-c1ccc(-c2sc(C)cc2CCOC[C@@H](C)[NH3+])s1. The topological polar surface area (TPSA) is 100 Å². The first-order chi connectivity index (χ1) is 16.3. The van der Waals surface area contributed by atoms with Crippen LogP contribution in [0.3, 0.4) is 0 Å². The van der Waals surface area contributed by atoms with Crippen molar-refractivity contribution in [1.82, 2.24) is 0 Å². The van der Waals surface area contributed by atoms with E-state index in [1.165, 1.54) is 47.5 Å². The second-order valence-corrected chi connectivity index (χ2v) is 12.2. The molecule has 0 amide bonds. The van der Waals surface area contributed by atoms with Crippen LogP contribution >= 0.6 is 34.0 Å². The van der Waals surface area contributed by atoms with Gasteiger partial charge in [0, 0.05) is 29.3 Å². The van der Waals surface area contributed by atoms with Crippen molar-refractivity contribution in [3.05, 3.63) is 45.1 Å². The minimum Gasteiger partial charge on any atom is -0.465 e. The Labute approximate surface area is 213 Å². The molecule has 0 aromatic carbocycles. The Balaban J connectivity index is 1.67. The predicted molar refractivity (Wildman–Crippen MR) is 141 cm³/mol. The molecule has 9 heteroatoms. The Bertz CT molecular complexity index is 1070. The molecule has 6 nitrogen and oxygen atoms in total. The lowest BCUT2D eigenvalue weighted by molar-refractivity contribution is -0.421. The zero-order valence-electron chi connectivity index (χ0n) is 20.5. The molecule has 3 rings (SSSR count). The molecule has 0 fully saturated rings. The van der Waals surface area contributed by atoms with Crippen molar-refractivity contribution in [1.29, 1.82) is 0 Å². The normalized spacial score (nSPS) is 13.2. The zero-order chi connectivity index (χ0) is 24.7. The maximum Gasteiger partial charge on any atom is 0.366 e. The van der Waals surface area contributed by atoms with E-state index in [0.29, 0.717) is 19.3 Å². The van der Waals surface area contributed by atoms with Gasteiger partial charge in [0.15, 0.2) is 0 Å². The standard InChI is InChI=1S/C25H34N2O4S3/c1-15(26)13-30-9-7-18-11-16(2)32-23(18)21-5-6-22(34-21)24-19(12-17(3)33-24)8-10-31-14-20(27)25(28)29-4/h5-6,11-12,15,20H,7-10,13-14,26-27H2,1-4H3/p+2/t15-,20+/m1/s1. The highest BCUT2D eigenvalue weighted by atomic mass is 32.1. The predicted octanol–water partition coefficient (Wildman–Crippen LogP) is 3.35. The summed E-state index contributed by atoms with van der Waals surface area (Å²) in [6.07, 6.45) is 1.71. The Morgan fingerprint density at radius 2 is 1.38 bits per heavy atom. The van der Waals surface area contributed by atoms with Crippen LogP contribution in [-0.2, 0) is 31.8 Å². The van der Waals surface area contributed by atoms with Gasteiger partial charge in [-0.25, -0.2) is 4.79 Å². The summed E-state index contributed by atoms with van der Waals surface area (Å²) in [7, 11) is 1.37. The summed E-state index contributed by atoms with van der Waals surface area (Å²) in [4.78, 5) is 19.3. The van der Waals surface area contributed by atoms with Crippen LogP contribution in [0.5, 0.6) is 0 Å². The maximum atomic E-state index is 11.5. The fourth-order valence-electron chi connectivity index (χ4n) is 3.61. The number of quaternary nitrogens is 2. The fourth-order valence-corrected chi connectivity index (χ4v) is 7.04. The molecule has 0 spiro atoms. The number of carbonyl (C=O) groups excluding carboxylic acids is 1. The number of rotatable bonds is 13. The molecule has 0 aliphatic heterocycles. The first-order valence-electron chi connectivity index (χ1n) is 11.5. The van der Waals surface area contributed by atoms with Crippen LogP contribution in [-0.4, -0.2) is 51.6 Å². The summed E-state index contributed by atoms with van der Waals surface area (Å²) in [5.74, 6) is -0.343. The van der Waals surface area contributed by atoms with Gasteiger partial charge in [0.1, 0.15) is 12.6 Å². The molecule has 0 aliphatic carbocycles. The average molecular weight is 525 g/mol. The first kappa shape index (κ1) is 27.0. The Morgan fingerprint density at radius 3 is 1.85 bits per heavy atom. The van der Waals surface area contributed by atoms with Gasteiger partial charge in [-0.15, -0.1) is 34.0 Å². The van der Waals surface area contributed by atoms with Gasteiger partial charge < -0.3 is 25.7 Å². The summed E-state index contributed by atoms with van der Waals surface area (Å²) in [6, 6.07) is 8.82. The van der Waals surface area contributed by atoms with Crippen molar-refractivity contribution in [2.24, 2.45) is 0 Å². The van der Waals surface area contributed by atoms with Crippen LogP contribution in [0.1, 0.15) is 27.8 Å². The summed E-state index contributed by atoms with van der Waals surface area (Å²) in [6.45, 7) is 8.62. The Hall–Kier alpha value is -1.59. The van der Waals surface area contributed by atoms with Crippen molar-refractivity contribution >= 4 is 40.0 Å². The fraction of sp³-hybridized carbons (Fsp3) is 0.480. The van der Waals surface area contributed by atoms with E-state index in [0.717, 1.165) is 19.4 Å². The van der Waals surface area contributed by atoms with Crippen molar-refractivity contribution in [3.63, 3.8) is 0 Å². The van der Waals surface area contributed by atoms with E-state index in [4.69, 9.17) is 14.2 Å². The average Bonchev–Trinajstić information content (AvgIpc) is 3.51. The smallest absolute Gasteiger partial charge is 0.366 e. The number of hydrogen-bond acceptors (Lipinski definition) is 7. The molecule has 3 aromatic heterocycles. The minimum atomic E-state index is -0.496. The van der Waals surface area contributed by atoms with E-state index < -0.39 is 6.04 Å². The summed E-state index contributed by atoms with van der Waals surface area (Å²) < 4.78 is 16.2. The van der Waals surface area contributed by atoms with E-state index in [9.17, 15) is 4.79 Å². The third kappa shape index (κ3) is 7.45. The van der Waals surface area contributed by atoms with Gasteiger partial charge in [0.2, 0.25) is 6.04 Å². The van der Waals surface area contributed by atoms with Gasteiger partial charge in [-0.05, 0) is 69.0 Å². The Morgan fingerprint density at radius 1 is 0.882 bits per heavy atom. The highest BCUT2D eigenvalue weighted by Gasteiger charge is 2.19. The molecule has 0 saturated heterocycles. The summed E-state index contributed by atoms with van der Waals surface area (Å²) in [5.41, 5.74) is 10.4. The molecule has 0 unspecified atom stereocenters. The second kappa shape index (κ2) is 12.9. The lowest BCUT2D eigenvalue weighted by Crippen LogP contribution is -2.67. The summed E-state index contributed by atoms with van der Waals surface area (Å²) >= 11 is 5.53. The molecule has 6 N–H and O–H groups in total. The number of ether oxygens (including phenoxy) is 3. The molecule has 0 aliphatic rings. The number of esters is 1. The monoisotopic (exact) mass is 524 g/mol. The van der Waals surface area contributed by atoms with E-state index in [1.807, 2.05) is 34.0 Å². The van der Waals surface area contributed by atoms with Crippen LogP contribution in [0.2, 0.25) is 0 Å². The highest BCUT2D eigenvalue weighted by molar-refractivity contribution is 7.26. The van der Waals surface area contributed by atoms with Crippen molar-refractivity contribution in [2.45, 2.75) is 45.7 Å². The van der Waals surface area contributed by atoms with Crippen LogP contribution in [0.15, 0.2) is 24.3 Å². The lowest BCUT2D eigenvalue weighted by atomic mass is 10.1. The molecule has 3 aromatic rings. The van der Waals surface area contributed by atoms with Crippen molar-refractivity contribution in [2.75, 3.05) is 33.5 Å². The van der Waals surface area contributed by atoms with Gasteiger partial charge in [0.25, 0.3) is 0 Å². The third-order valence-electron chi connectivity index (χ3n) is 5.21. The van der Waals surface area contributed by atoms with Gasteiger partial charge in [-0.3, -0.25) is 0 Å². The second-order valence-electron chi connectivity index (χ2n) is 8.56. The number of aryl methyl sites for hydroxylation is 2. The van der Waals surface area contributed by atoms with Crippen molar-refractivity contribution in [3.8, 4) is 19.5 Å².